The number of piperidine rings is 1. The molecule has 0 aliphatic carbocycles. The van der Waals surface area contributed by atoms with Gasteiger partial charge >= 0.3 is 6.18 Å². The van der Waals surface area contributed by atoms with Gasteiger partial charge < -0.3 is 14.7 Å². The first-order valence-corrected chi connectivity index (χ1v) is 10.7. The van der Waals surface area contributed by atoms with E-state index in [4.69, 9.17) is 4.74 Å². The van der Waals surface area contributed by atoms with E-state index >= 15 is 0 Å². The Morgan fingerprint density at radius 2 is 1.60 bits per heavy atom. The Bertz CT molecular complexity index is 801. The fourth-order valence-corrected chi connectivity index (χ4v) is 4.02. The highest BCUT2D eigenvalue weighted by atomic mass is 19.4. The molecule has 3 nitrogen and oxygen atoms in total. The first-order chi connectivity index (χ1) is 14.3. The van der Waals surface area contributed by atoms with Crippen molar-refractivity contribution in [2.45, 2.75) is 50.8 Å². The van der Waals surface area contributed by atoms with Crippen molar-refractivity contribution in [2.24, 2.45) is 0 Å². The van der Waals surface area contributed by atoms with Crippen LogP contribution in [0.1, 0.15) is 55.7 Å². The summed E-state index contributed by atoms with van der Waals surface area (Å²) in [6.07, 6.45) is 0.624. The first-order valence-electron chi connectivity index (χ1n) is 10.7. The van der Waals surface area contributed by atoms with E-state index < -0.39 is 17.3 Å². The first kappa shape index (κ1) is 22.6. The minimum Gasteiger partial charge on any atom is -0.494 e. The van der Waals surface area contributed by atoms with Crippen LogP contribution in [0.5, 0.6) is 5.75 Å². The third-order valence-electron chi connectivity index (χ3n) is 5.85. The molecule has 30 heavy (non-hydrogen) atoms. The summed E-state index contributed by atoms with van der Waals surface area (Å²) in [6.45, 7) is 5.73. The third-order valence-corrected chi connectivity index (χ3v) is 5.85. The average molecular weight is 422 g/mol. The molecule has 1 heterocycles. The summed E-state index contributed by atoms with van der Waals surface area (Å²) in [4.78, 5) is 2.46. The zero-order valence-electron chi connectivity index (χ0n) is 17.4. The van der Waals surface area contributed by atoms with Gasteiger partial charge in [0.15, 0.2) is 0 Å². The number of benzene rings is 2. The Kier molecular flexibility index (Phi) is 7.42. The number of ether oxygens (including phenoxy) is 1. The lowest BCUT2D eigenvalue weighted by Gasteiger charge is -2.29. The van der Waals surface area contributed by atoms with E-state index in [-0.39, 0.29) is 12.0 Å². The average Bonchev–Trinajstić information content (AvgIpc) is 2.77. The lowest BCUT2D eigenvalue weighted by molar-refractivity contribution is -0.137. The number of hydrogen-bond donors (Lipinski definition) is 1. The van der Waals surface area contributed by atoms with Crippen LogP contribution in [0.2, 0.25) is 0 Å². The molecule has 1 aliphatic heterocycles. The molecule has 1 N–H and O–H groups in total. The van der Waals surface area contributed by atoms with Crippen molar-refractivity contribution >= 4 is 0 Å². The highest BCUT2D eigenvalue weighted by molar-refractivity contribution is 5.40. The van der Waals surface area contributed by atoms with Gasteiger partial charge in [-0.15, -0.1) is 0 Å². The summed E-state index contributed by atoms with van der Waals surface area (Å²) in [7, 11) is 0. The molecular weight excluding hydrogens is 391 g/mol. The second-order valence-corrected chi connectivity index (χ2v) is 7.92. The Labute approximate surface area is 176 Å². The minimum atomic E-state index is -4.45. The fourth-order valence-electron chi connectivity index (χ4n) is 4.02. The molecule has 1 fully saturated rings. The molecule has 6 heteroatoms. The van der Waals surface area contributed by atoms with Gasteiger partial charge in [0.05, 0.1) is 12.2 Å². The molecule has 3 rings (SSSR count). The number of aliphatic hydroxyl groups is 1. The highest BCUT2D eigenvalue weighted by Gasteiger charge is 2.34. The quantitative estimate of drug-likeness (QED) is 0.563. The Hall–Kier alpha value is -2.05. The normalized spacial score (nSPS) is 17.5. The number of nitrogens with zero attached hydrogens (tertiary/aromatic N) is 1. The largest absolute Gasteiger partial charge is 0.494 e. The summed E-state index contributed by atoms with van der Waals surface area (Å²) in [5.74, 6) is 0.694. The van der Waals surface area contributed by atoms with Crippen LogP contribution < -0.4 is 4.74 Å². The van der Waals surface area contributed by atoms with E-state index in [9.17, 15) is 18.3 Å². The van der Waals surface area contributed by atoms with E-state index in [2.05, 4.69) is 4.90 Å². The van der Waals surface area contributed by atoms with Crippen molar-refractivity contribution in [3.05, 3.63) is 65.2 Å². The molecule has 164 valence electrons. The van der Waals surface area contributed by atoms with Crippen LogP contribution in [-0.2, 0) is 11.8 Å². The Balaban J connectivity index is 1.63. The number of likely N-dealkylation sites (tertiary alicyclic amines) is 1. The summed E-state index contributed by atoms with van der Waals surface area (Å²) < 4.78 is 45.1. The molecule has 0 spiro atoms. The molecule has 2 aromatic rings. The number of hydrogen-bond acceptors (Lipinski definition) is 3. The molecule has 0 aromatic heterocycles. The van der Waals surface area contributed by atoms with E-state index in [0.29, 0.717) is 17.9 Å². The third kappa shape index (κ3) is 5.55. The molecular formula is C24H30F3NO2. The van der Waals surface area contributed by atoms with Gasteiger partial charge in [-0.3, -0.25) is 0 Å². The van der Waals surface area contributed by atoms with Crippen molar-refractivity contribution in [1.82, 2.24) is 4.90 Å². The lowest BCUT2D eigenvalue weighted by atomic mass is 9.83. The summed E-state index contributed by atoms with van der Waals surface area (Å²) in [5.41, 5.74) is -1.48. The van der Waals surface area contributed by atoms with Crippen LogP contribution in [-0.4, -0.2) is 36.2 Å². The van der Waals surface area contributed by atoms with Crippen LogP contribution in [0, 0.1) is 0 Å². The van der Waals surface area contributed by atoms with Crippen molar-refractivity contribution in [3.63, 3.8) is 0 Å². The maximum atomic E-state index is 13.1. The molecule has 0 bridgehead atoms. The van der Waals surface area contributed by atoms with Crippen molar-refractivity contribution in [2.75, 3.05) is 26.2 Å². The topological polar surface area (TPSA) is 32.7 Å². The van der Waals surface area contributed by atoms with Crippen LogP contribution >= 0.6 is 0 Å². The maximum Gasteiger partial charge on any atom is 0.416 e. The molecule has 1 saturated heterocycles. The van der Waals surface area contributed by atoms with Gasteiger partial charge in [-0.05, 0) is 74.2 Å². The molecule has 1 aliphatic rings. The lowest BCUT2D eigenvalue weighted by Crippen LogP contribution is -2.31. The van der Waals surface area contributed by atoms with Gasteiger partial charge in [0.2, 0.25) is 0 Å². The summed E-state index contributed by atoms with van der Waals surface area (Å²) in [5, 5.41) is 11.2. The molecule has 1 unspecified atom stereocenters. The summed E-state index contributed by atoms with van der Waals surface area (Å²) >= 11 is 0. The second kappa shape index (κ2) is 9.84. The van der Waals surface area contributed by atoms with Crippen molar-refractivity contribution in [3.8, 4) is 5.75 Å². The molecule has 0 saturated carbocycles. The predicted octanol–water partition coefficient (Wildman–Crippen LogP) is 5.61. The van der Waals surface area contributed by atoms with Crippen LogP contribution in [0.25, 0.3) is 0 Å². The van der Waals surface area contributed by atoms with E-state index in [1.807, 2.05) is 0 Å². The SMILES string of the molecule is CCC(O)(c1ccc(OCCCN2CCCCC2)cc1)c1cccc(C(F)(F)F)c1. The monoisotopic (exact) mass is 421 g/mol. The summed E-state index contributed by atoms with van der Waals surface area (Å²) in [6, 6.07) is 11.9. The van der Waals surface area contributed by atoms with E-state index in [0.717, 1.165) is 25.1 Å². The number of alkyl halides is 3. The van der Waals surface area contributed by atoms with Gasteiger partial charge in [-0.1, -0.05) is 37.6 Å². The standard InChI is InChI=1S/C24H30F3NO2/c1-2-23(29,20-8-6-9-21(18-20)24(25,26)27)19-10-12-22(13-11-19)30-17-7-16-28-14-4-3-5-15-28/h6,8-13,18,29H,2-5,7,14-17H2,1H3. The molecule has 0 radical (unpaired) electrons. The number of rotatable bonds is 8. The maximum absolute atomic E-state index is 13.1. The van der Waals surface area contributed by atoms with Gasteiger partial charge in [0, 0.05) is 6.54 Å². The molecule has 2 aromatic carbocycles. The molecule has 0 amide bonds. The van der Waals surface area contributed by atoms with Crippen LogP contribution in [0.4, 0.5) is 13.2 Å². The zero-order chi connectivity index (χ0) is 21.6. The Morgan fingerprint density at radius 1 is 0.933 bits per heavy atom. The van der Waals surface area contributed by atoms with E-state index in [1.54, 1.807) is 31.2 Å². The predicted molar refractivity (Wildman–Crippen MR) is 112 cm³/mol. The zero-order valence-corrected chi connectivity index (χ0v) is 17.4. The number of halogens is 3. The molecule has 1 atom stereocenters. The van der Waals surface area contributed by atoms with Crippen LogP contribution in [0.3, 0.4) is 0 Å². The van der Waals surface area contributed by atoms with Gasteiger partial charge in [0.1, 0.15) is 11.4 Å². The van der Waals surface area contributed by atoms with Gasteiger partial charge in [0.25, 0.3) is 0 Å². The van der Waals surface area contributed by atoms with Crippen LogP contribution in [0.15, 0.2) is 48.5 Å². The van der Waals surface area contributed by atoms with Crippen molar-refractivity contribution < 1.29 is 23.0 Å². The Morgan fingerprint density at radius 3 is 2.23 bits per heavy atom. The van der Waals surface area contributed by atoms with Gasteiger partial charge in [-0.2, -0.15) is 13.2 Å². The second-order valence-electron chi connectivity index (χ2n) is 7.92. The van der Waals surface area contributed by atoms with Crippen molar-refractivity contribution in [1.29, 1.82) is 0 Å². The van der Waals surface area contributed by atoms with E-state index in [1.165, 1.54) is 44.5 Å². The minimum absolute atomic E-state index is 0.232. The highest BCUT2D eigenvalue weighted by Crippen LogP contribution is 2.37. The van der Waals surface area contributed by atoms with Gasteiger partial charge in [-0.25, -0.2) is 0 Å². The smallest absolute Gasteiger partial charge is 0.416 e. The fraction of sp³-hybridized carbons (Fsp3) is 0.500.